The highest BCUT2D eigenvalue weighted by Crippen LogP contribution is 2.42. The summed E-state index contributed by atoms with van der Waals surface area (Å²) < 4.78 is 39.8. The number of aromatic nitrogens is 2. The Labute approximate surface area is 118 Å². The maximum absolute atomic E-state index is 12.8. The average molecular weight is 295 g/mol. The van der Waals surface area contributed by atoms with E-state index in [2.05, 4.69) is 10.4 Å². The summed E-state index contributed by atoms with van der Waals surface area (Å²) >= 11 is 0. The molecule has 1 aromatic heterocycles. The van der Waals surface area contributed by atoms with Crippen LogP contribution >= 0.6 is 0 Å². The summed E-state index contributed by atoms with van der Waals surface area (Å²) in [6, 6.07) is 7.62. The van der Waals surface area contributed by atoms with E-state index in [4.69, 9.17) is 0 Å². The molecular weight excluding hydrogens is 283 g/mol. The van der Waals surface area contributed by atoms with Crippen LogP contribution in [-0.4, -0.2) is 16.2 Å². The number of anilines is 1. The van der Waals surface area contributed by atoms with Gasteiger partial charge in [0.15, 0.2) is 5.69 Å². The van der Waals surface area contributed by atoms with Gasteiger partial charge < -0.3 is 5.32 Å². The second-order valence-corrected chi connectivity index (χ2v) is 4.95. The first kappa shape index (κ1) is 13.7. The predicted octanol–water partition coefficient (Wildman–Crippen LogP) is 3.34. The molecule has 0 unspecified atom stereocenters. The molecule has 0 aliphatic heterocycles. The minimum absolute atomic E-state index is 0.140. The molecule has 0 bridgehead atoms. The Hall–Kier alpha value is -2.31. The van der Waals surface area contributed by atoms with Gasteiger partial charge in [0, 0.05) is 17.3 Å². The lowest BCUT2D eigenvalue weighted by molar-refractivity contribution is -0.141. The molecular formula is C14H12F3N3O. The highest BCUT2D eigenvalue weighted by Gasteiger charge is 2.38. The van der Waals surface area contributed by atoms with Crippen LogP contribution in [0.4, 0.5) is 18.9 Å². The number of rotatable bonds is 4. The second kappa shape index (κ2) is 4.91. The molecule has 1 aromatic carbocycles. The van der Waals surface area contributed by atoms with Gasteiger partial charge in [-0.3, -0.25) is 4.79 Å². The molecule has 7 heteroatoms. The Morgan fingerprint density at radius 2 is 1.90 bits per heavy atom. The van der Waals surface area contributed by atoms with Crippen LogP contribution in [0.15, 0.2) is 30.3 Å². The molecule has 4 nitrogen and oxygen atoms in total. The SMILES string of the molecule is O=CNc1ccc(-n2nc(C(F)(F)F)cc2C2CC2)cc1. The van der Waals surface area contributed by atoms with Crippen LogP contribution in [0.25, 0.3) is 5.69 Å². The van der Waals surface area contributed by atoms with Gasteiger partial charge in [-0.1, -0.05) is 0 Å². The highest BCUT2D eigenvalue weighted by atomic mass is 19.4. The Kier molecular flexibility index (Phi) is 3.19. The fraction of sp³-hybridized carbons (Fsp3) is 0.286. The van der Waals surface area contributed by atoms with Crippen molar-refractivity contribution in [1.29, 1.82) is 0 Å². The van der Waals surface area contributed by atoms with Crippen molar-refractivity contribution in [3.63, 3.8) is 0 Å². The van der Waals surface area contributed by atoms with Gasteiger partial charge >= 0.3 is 6.18 Å². The smallest absolute Gasteiger partial charge is 0.329 e. The molecule has 1 amide bonds. The Morgan fingerprint density at radius 3 is 2.43 bits per heavy atom. The molecule has 2 aromatic rings. The van der Waals surface area contributed by atoms with E-state index in [-0.39, 0.29) is 5.92 Å². The largest absolute Gasteiger partial charge is 0.435 e. The maximum Gasteiger partial charge on any atom is 0.435 e. The number of nitrogens with zero attached hydrogens (tertiary/aromatic N) is 2. The number of benzene rings is 1. The van der Waals surface area contributed by atoms with Crippen LogP contribution in [0, 0.1) is 0 Å². The van der Waals surface area contributed by atoms with E-state index in [1.165, 1.54) is 4.68 Å². The number of hydrogen-bond acceptors (Lipinski definition) is 2. The van der Waals surface area contributed by atoms with Crippen LogP contribution < -0.4 is 5.32 Å². The quantitative estimate of drug-likeness (QED) is 0.879. The van der Waals surface area contributed by atoms with E-state index in [9.17, 15) is 18.0 Å². The summed E-state index contributed by atoms with van der Waals surface area (Å²) in [6.07, 6.45) is -2.14. The number of hydrogen-bond donors (Lipinski definition) is 1. The lowest BCUT2D eigenvalue weighted by atomic mass is 10.2. The minimum atomic E-state index is -4.45. The zero-order valence-corrected chi connectivity index (χ0v) is 10.9. The molecule has 3 rings (SSSR count). The van der Waals surface area contributed by atoms with Crippen molar-refractivity contribution in [2.45, 2.75) is 24.9 Å². The summed E-state index contributed by atoms with van der Waals surface area (Å²) in [5.74, 6) is 0.140. The zero-order valence-electron chi connectivity index (χ0n) is 10.9. The van der Waals surface area contributed by atoms with E-state index in [1.54, 1.807) is 24.3 Å². The van der Waals surface area contributed by atoms with E-state index >= 15 is 0 Å². The van der Waals surface area contributed by atoms with E-state index in [0.717, 1.165) is 18.9 Å². The Balaban J connectivity index is 2.00. The monoisotopic (exact) mass is 295 g/mol. The normalized spacial score (nSPS) is 15.0. The number of amides is 1. The van der Waals surface area contributed by atoms with Crippen molar-refractivity contribution in [3.8, 4) is 5.69 Å². The first-order chi connectivity index (χ1) is 9.99. The zero-order chi connectivity index (χ0) is 15.0. The number of nitrogens with one attached hydrogen (secondary N) is 1. The molecule has 1 aliphatic rings. The van der Waals surface area contributed by atoms with E-state index < -0.39 is 11.9 Å². The van der Waals surface area contributed by atoms with E-state index in [0.29, 0.717) is 23.5 Å². The first-order valence-electron chi connectivity index (χ1n) is 6.47. The fourth-order valence-corrected chi connectivity index (χ4v) is 2.18. The molecule has 1 N–H and O–H groups in total. The van der Waals surface area contributed by atoms with E-state index in [1.807, 2.05) is 0 Å². The number of alkyl halides is 3. The molecule has 0 spiro atoms. The lowest BCUT2D eigenvalue weighted by Crippen LogP contribution is -2.07. The highest BCUT2D eigenvalue weighted by molar-refractivity contribution is 5.71. The van der Waals surface area contributed by atoms with Crippen molar-refractivity contribution in [1.82, 2.24) is 9.78 Å². The standard InChI is InChI=1S/C14H12F3N3O/c15-14(16,17)13-7-12(9-1-2-9)20(19-13)11-5-3-10(4-6-11)18-8-21/h3-9H,1-2H2,(H,18,21). The van der Waals surface area contributed by atoms with Crippen LogP contribution in [-0.2, 0) is 11.0 Å². The van der Waals surface area contributed by atoms with Gasteiger partial charge in [-0.25, -0.2) is 4.68 Å². The van der Waals surface area contributed by atoms with Crippen molar-refractivity contribution < 1.29 is 18.0 Å². The molecule has 1 heterocycles. The molecule has 0 saturated heterocycles. The van der Waals surface area contributed by atoms with Gasteiger partial charge in [0.05, 0.1) is 5.69 Å². The van der Waals surface area contributed by atoms with Crippen LogP contribution in [0.2, 0.25) is 0 Å². The molecule has 1 aliphatic carbocycles. The van der Waals surface area contributed by atoms with Gasteiger partial charge in [0.2, 0.25) is 6.41 Å². The van der Waals surface area contributed by atoms with Crippen LogP contribution in [0.5, 0.6) is 0 Å². The van der Waals surface area contributed by atoms with Gasteiger partial charge in [0.1, 0.15) is 0 Å². The van der Waals surface area contributed by atoms with Crippen LogP contribution in [0.1, 0.15) is 30.1 Å². The summed E-state index contributed by atoms with van der Waals surface area (Å²) in [5.41, 5.74) is 0.826. The van der Waals surface area contributed by atoms with Crippen molar-refractivity contribution in [2.24, 2.45) is 0 Å². The number of halogens is 3. The molecule has 1 saturated carbocycles. The van der Waals surface area contributed by atoms with Crippen molar-refractivity contribution in [3.05, 3.63) is 41.7 Å². The number of carbonyl (C=O) groups is 1. The number of carbonyl (C=O) groups excluding carboxylic acids is 1. The van der Waals surface area contributed by atoms with Gasteiger partial charge in [-0.05, 0) is 43.2 Å². The summed E-state index contributed by atoms with van der Waals surface area (Å²) in [7, 11) is 0. The maximum atomic E-state index is 12.8. The average Bonchev–Trinajstić information content (AvgIpc) is 3.17. The van der Waals surface area contributed by atoms with Crippen molar-refractivity contribution in [2.75, 3.05) is 5.32 Å². The van der Waals surface area contributed by atoms with Crippen molar-refractivity contribution >= 4 is 12.1 Å². The molecule has 0 radical (unpaired) electrons. The first-order valence-corrected chi connectivity index (χ1v) is 6.47. The topological polar surface area (TPSA) is 46.9 Å². The molecule has 110 valence electrons. The summed E-state index contributed by atoms with van der Waals surface area (Å²) in [5, 5.41) is 6.17. The third-order valence-electron chi connectivity index (χ3n) is 3.36. The predicted molar refractivity (Wildman–Crippen MR) is 70.2 cm³/mol. The molecule has 21 heavy (non-hydrogen) atoms. The fourth-order valence-electron chi connectivity index (χ4n) is 2.18. The Bertz CT molecular complexity index is 657. The summed E-state index contributed by atoms with van der Waals surface area (Å²) in [6.45, 7) is 0. The van der Waals surface area contributed by atoms with Crippen LogP contribution in [0.3, 0.4) is 0 Å². The third kappa shape index (κ3) is 2.76. The third-order valence-corrected chi connectivity index (χ3v) is 3.36. The van der Waals surface area contributed by atoms with Gasteiger partial charge in [-0.2, -0.15) is 18.3 Å². The molecule has 1 fully saturated rings. The second-order valence-electron chi connectivity index (χ2n) is 4.95. The molecule has 0 atom stereocenters. The minimum Gasteiger partial charge on any atom is -0.329 e. The Morgan fingerprint density at radius 1 is 1.24 bits per heavy atom. The van der Waals surface area contributed by atoms with Gasteiger partial charge in [-0.15, -0.1) is 0 Å². The van der Waals surface area contributed by atoms with Gasteiger partial charge in [0.25, 0.3) is 0 Å². The summed E-state index contributed by atoms with van der Waals surface area (Å²) in [4.78, 5) is 10.3. The lowest BCUT2D eigenvalue weighted by Gasteiger charge is -2.07.